The van der Waals surface area contributed by atoms with Crippen molar-refractivity contribution in [1.29, 1.82) is 0 Å². The van der Waals surface area contributed by atoms with Crippen LogP contribution in [0.4, 0.5) is 5.95 Å². The minimum absolute atomic E-state index is 0.0101. The van der Waals surface area contributed by atoms with E-state index in [1.165, 1.54) is 6.33 Å². The average Bonchev–Trinajstić information content (AvgIpc) is 2.98. The zero-order valence-corrected chi connectivity index (χ0v) is 14.4. The van der Waals surface area contributed by atoms with Crippen LogP contribution in [-0.4, -0.2) is 56.5 Å². The number of nitrogens with two attached hydrogens (primary N) is 1. The van der Waals surface area contributed by atoms with E-state index in [4.69, 9.17) is 10.5 Å². The molecule has 4 N–H and O–H groups in total. The molecule has 2 aromatic rings. The third-order valence-electron chi connectivity index (χ3n) is 3.96. The molecule has 0 aromatic carbocycles. The fourth-order valence-corrected chi connectivity index (χ4v) is 3.40. The van der Waals surface area contributed by atoms with Crippen molar-refractivity contribution in [1.82, 2.24) is 19.5 Å². The van der Waals surface area contributed by atoms with Gasteiger partial charge >= 0.3 is 0 Å². The minimum Gasteiger partial charge on any atom is -0.390 e. The summed E-state index contributed by atoms with van der Waals surface area (Å²) in [5, 5.41) is 10.3. The molecule has 0 bridgehead atoms. The molecule has 1 fully saturated rings. The first-order valence-corrected chi connectivity index (χ1v) is 10.2. The molecule has 24 heavy (non-hydrogen) atoms. The van der Waals surface area contributed by atoms with Gasteiger partial charge in [-0.3, -0.25) is 9.78 Å². The van der Waals surface area contributed by atoms with Crippen LogP contribution in [-0.2, 0) is 9.30 Å². The van der Waals surface area contributed by atoms with Crippen LogP contribution >= 0.6 is 7.14 Å². The van der Waals surface area contributed by atoms with Crippen LogP contribution in [0, 0.1) is 0 Å². The number of aromatic nitrogens is 4. The number of rotatable bonds is 4. The molecule has 1 aliphatic rings. The average molecular weight is 353 g/mol. The van der Waals surface area contributed by atoms with Gasteiger partial charge in [-0.05, 0) is 18.9 Å². The zero-order chi connectivity index (χ0) is 17.6. The Morgan fingerprint density at radius 1 is 1.58 bits per heavy atom. The summed E-state index contributed by atoms with van der Waals surface area (Å²) in [4.78, 5) is 22.5. The highest BCUT2D eigenvalue weighted by molar-refractivity contribution is 7.62. The number of hydrogen-bond acceptors (Lipinski definition) is 7. The van der Waals surface area contributed by atoms with Crippen molar-refractivity contribution in [3.8, 4) is 0 Å². The third-order valence-corrected chi connectivity index (χ3v) is 4.73. The molecule has 2 aromatic heterocycles. The second-order valence-electron chi connectivity index (χ2n) is 6.46. The van der Waals surface area contributed by atoms with E-state index >= 15 is 0 Å². The smallest absolute Gasteiger partial charge is 0.280 e. The Morgan fingerprint density at radius 3 is 2.96 bits per heavy atom. The Morgan fingerprint density at radius 2 is 2.29 bits per heavy atom. The predicted octanol–water partition coefficient (Wildman–Crippen LogP) is 0.529. The van der Waals surface area contributed by atoms with Crippen LogP contribution in [0.25, 0.3) is 11.2 Å². The van der Waals surface area contributed by atoms with Crippen molar-refractivity contribution in [2.75, 3.05) is 25.4 Å². The van der Waals surface area contributed by atoms with Crippen LogP contribution in [0.15, 0.2) is 23.3 Å². The Labute approximate surface area is 137 Å². The summed E-state index contributed by atoms with van der Waals surface area (Å²) in [5.74, 6) is -0.0101. The van der Waals surface area contributed by atoms with Crippen LogP contribution in [0.1, 0.15) is 12.5 Å². The first kappa shape index (κ1) is 16.9. The molecule has 2 heterocycles. The number of aliphatic hydroxyl groups excluding tert-OH is 1. The van der Waals surface area contributed by atoms with Gasteiger partial charge in [0.1, 0.15) is 19.6 Å². The minimum atomic E-state index is -2.37. The number of nitrogen functional groups attached to an aromatic ring is 1. The number of nitrogens with zero attached hydrogens (tertiary/aromatic N) is 3. The van der Waals surface area contributed by atoms with Gasteiger partial charge in [0, 0.05) is 6.42 Å². The summed E-state index contributed by atoms with van der Waals surface area (Å²) in [6.45, 7) is 7.25. The number of anilines is 1. The molecule has 0 saturated heterocycles. The van der Waals surface area contributed by atoms with Gasteiger partial charge in [-0.1, -0.05) is 6.58 Å². The SMILES string of the molecule is C=C1[C@H](OCP(C)(C)=O)[C@@H](O)C[C@@H]1n1cnc2c(=O)[nH]c(N)nc21. The summed E-state index contributed by atoms with van der Waals surface area (Å²) in [5.41, 5.74) is 6.29. The first-order valence-electron chi connectivity index (χ1n) is 7.42. The summed E-state index contributed by atoms with van der Waals surface area (Å²) >= 11 is 0. The van der Waals surface area contributed by atoms with Gasteiger partial charge in [0.2, 0.25) is 5.95 Å². The summed E-state index contributed by atoms with van der Waals surface area (Å²) < 4.78 is 19.1. The van der Waals surface area contributed by atoms with Gasteiger partial charge in [-0.15, -0.1) is 0 Å². The van der Waals surface area contributed by atoms with Crippen molar-refractivity contribution in [2.24, 2.45) is 0 Å². The highest BCUT2D eigenvalue weighted by Gasteiger charge is 2.39. The van der Waals surface area contributed by atoms with E-state index in [0.717, 1.165) is 0 Å². The maximum Gasteiger partial charge on any atom is 0.280 e. The van der Waals surface area contributed by atoms with Gasteiger partial charge in [0.05, 0.1) is 18.5 Å². The molecule has 3 atom stereocenters. The summed E-state index contributed by atoms with van der Waals surface area (Å²) in [6, 6.07) is -0.336. The lowest BCUT2D eigenvalue weighted by Gasteiger charge is -2.19. The fourth-order valence-electron chi connectivity index (χ4n) is 2.88. The van der Waals surface area contributed by atoms with Gasteiger partial charge < -0.3 is 24.7 Å². The monoisotopic (exact) mass is 353 g/mol. The standard InChI is InChI=1S/C14H20N5O4P/c1-7-8(4-9(20)11(7)23-6-24(2,3)22)19-5-16-10-12(19)17-14(15)18-13(10)21/h5,8-9,11,20H,1,4,6H2,2-3H3,(H3,15,17,18,21)/t8-,9-,11-/m0/s1. The van der Waals surface area contributed by atoms with Crippen LogP contribution in [0.5, 0.6) is 0 Å². The Hall–Kier alpha value is -1.96. The van der Waals surface area contributed by atoms with Crippen molar-refractivity contribution >= 4 is 24.3 Å². The van der Waals surface area contributed by atoms with Crippen molar-refractivity contribution < 1.29 is 14.4 Å². The summed E-state index contributed by atoms with van der Waals surface area (Å²) in [7, 11) is -2.37. The highest BCUT2D eigenvalue weighted by Crippen LogP contribution is 2.41. The Kier molecular flexibility index (Phi) is 4.11. The van der Waals surface area contributed by atoms with E-state index in [-0.39, 0.29) is 23.9 Å². The van der Waals surface area contributed by atoms with Gasteiger partial charge in [0.25, 0.3) is 5.56 Å². The van der Waals surface area contributed by atoms with E-state index in [9.17, 15) is 14.5 Å². The second kappa shape index (κ2) is 5.84. The van der Waals surface area contributed by atoms with E-state index < -0.39 is 24.9 Å². The lowest BCUT2D eigenvalue weighted by molar-refractivity contribution is 0.0176. The third kappa shape index (κ3) is 3.02. The molecule has 0 aliphatic heterocycles. The number of ether oxygens (including phenoxy) is 1. The topological polar surface area (TPSA) is 136 Å². The molecule has 3 rings (SSSR count). The molecule has 0 radical (unpaired) electrons. The zero-order valence-electron chi connectivity index (χ0n) is 13.5. The molecule has 1 saturated carbocycles. The number of imidazole rings is 1. The Bertz CT molecular complexity index is 898. The maximum atomic E-state index is 11.9. The number of aliphatic hydroxyl groups is 1. The predicted molar refractivity (Wildman–Crippen MR) is 90.6 cm³/mol. The van der Waals surface area contributed by atoms with Crippen LogP contribution in [0.3, 0.4) is 0 Å². The van der Waals surface area contributed by atoms with E-state index in [0.29, 0.717) is 17.6 Å². The molecule has 10 heteroatoms. The molecular formula is C14H20N5O4P. The van der Waals surface area contributed by atoms with E-state index in [1.807, 2.05) is 0 Å². The van der Waals surface area contributed by atoms with Crippen molar-refractivity contribution in [3.63, 3.8) is 0 Å². The first-order chi connectivity index (χ1) is 11.2. The number of hydrogen-bond donors (Lipinski definition) is 3. The number of H-pyrrole nitrogens is 1. The highest BCUT2D eigenvalue weighted by atomic mass is 31.2. The van der Waals surface area contributed by atoms with E-state index in [2.05, 4.69) is 21.5 Å². The van der Waals surface area contributed by atoms with Gasteiger partial charge in [0.15, 0.2) is 11.2 Å². The molecular weight excluding hydrogens is 333 g/mol. The number of nitrogens with one attached hydrogen (secondary N) is 1. The maximum absolute atomic E-state index is 11.9. The number of aromatic amines is 1. The van der Waals surface area contributed by atoms with Crippen molar-refractivity contribution in [2.45, 2.75) is 24.7 Å². The van der Waals surface area contributed by atoms with Gasteiger partial charge in [-0.2, -0.15) is 4.98 Å². The van der Waals surface area contributed by atoms with Crippen LogP contribution < -0.4 is 11.3 Å². The second-order valence-corrected chi connectivity index (χ2v) is 9.87. The number of fused-ring (bicyclic) bond motifs is 1. The molecule has 0 unspecified atom stereocenters. The largest absolute Gasteiger partial charge is 0.390 e. The fraction of sp³-hybridized carbons (Fsp3) is 0.500. The molecule has 130 valence electrons. The van der Waals surface area contributed by atoms with Crippen LogP contribution in [0.2, 0.25) is 0 Å². The molecule has 0 spiro atoms. The Balaban J connectivity index is 1.93. The quantitative estimate of drug-likeness (QED) is 0.539. The normalized spacial score (nSPS) is 24.8. The molecule has 9 nitrogen and oxygen atoms in total. The van der Waals surface area contributed by atoms with E-state index in [1.54, 1.807) is 17.9 Å². The molecule has 0 amide bonds. The van der Waals surface area contributed by atoms with Gasteiger partial charge in [-0.25, -0.2) is 4.98 Å². The lowest BCUT2D eigenvalue weighted by atomic mass is 10.1. The summed E-state index contributed by atoms with van der Waals surface area (Å²) in [6.07, 6.45) is 0.463. The molecule has 1 aliphatic carbocycles. The van der Waals surface area contributed by atoms with Crippen molar-refractivity contribution in [3.05, 3.63) is 28.8 Å². The lowest BCUT2D eigenvalue weighted by Crippen LogP contribution is -2.24.